The van der Waals surface area contributed by atoms with Gasteiger partial charge < -0.3 is 20.1 Å². The number of nitrogens with zero attached hydrogens (tertiary/aromatic N) is 3. The molecule has 10 heteroatoms. The maximum atomic E-state index is 9.50. The first kappa shape index (κ1) is 13.1. The van der Waals surface area contributed by atoms with Gasteiger partial charge in [0.05, 0.1) is 6.10 Å². The molecule has 1 saturated heterocycles. The number of rotatable bonds is 4. The van der Waals surface area contributed by atoms with E-state index in [1.165, 1.54) is 0 Å². The summed E-state index contributed by atoms with van der Waals surface area (Å²) in [7, 11) is 0. The Balaban J connectivity index is 2.66. The molecule has 0 spiro atoms. The maximum Gasteiger partial charge on any atom is 0.166 e. The number of aliphatic hydroxyl groups excluding tert-OH is 3. The Bertz CT molecular complexity index is 271. The highest BCUT2D eigenvalue weighted by Gasteiger charge is 2.43. The lowest BCUT2D eigenvalue weighted by atomic mass is 9.98. The Hall–Kier alpha value is -0.970. The van der Waals surface area contributed by atoms with Crippen molar-refractivity contribution in [2.24, 2.45) is 5.11 Å². The van der Waals surface area contributed by atoms with E-state index in [-0.39, 0.29) is 0 Å². The van der Waals surface area contributed by atoms with Crippen molar-refractivity contribution in [3.63, 3.8) is 0 Å². The Morgan fingerprint density at radius 3 is 2.56 bits per heavy atom. The van der Waals surface area contributed by atoms with Crippen molar-refractivity contribution in [3.05, 3.63) is 10.4 Å². The zero-order chi connectivity index (χ0) is 12.1. The van der Waals surface area contributed by atoms with E-state index in [4.69, 9.17) is 15.5 Å². The van der Waals surface area contributed by atoms with Gasteiger partial charge >= 0.3 is 0 Å². The third kappa shape index (κ3) is 2.78. The Labute approximate surface area is 89.1 Å². The van der Waals surface area contributed by atoms with E-state index in [9.17, 15) is 15.3 Å². The van der Waals surface area contributed by atoms with Crippen LogP contribution in [-0.4, -0.2) is 57.8 Å². The van der Waals surface area contributed by atoms with Crippen LogP contribution in [0.1, 0.15) is 0 Å². The summed E-state index contributed by atoms with van der Waals surface area (Å²) in [5, 5.41) is 42.6. The van der Waals surface area contributed by atoms with Gasteiger partial charge in [-0.2, -0.15) is 0 Å². The van der Waals surface area contributed by atoms with Crippen molar-refractivity contribution in [2.75, 3.05) is 6.61 Å². The number of aliphatic hydroxyl groups is 3. The Morgan fingerprint density at radius 1 is 1.31 bits per heavy atom. The van der Waals surface area contributed by atoms with Crippen molar-refractivity contribution >= 4 is 0 Å². The average Bonchev–Trinajstić information content (AvgIpc) is 2.27. The molecule has 0 aromatic heterocycles. The van der Waals surface area contributed by atoms with E-state index in [1.54, 1.807) is 0 Å². The monoisotopic (exact) mass is 237 g/mol. The molecule has 1 fully saturated rings. The smallest absolute Gasteiger partial charge is 0.166 e. The molecular formula is C6H11N3O7. The van der Waals surface area contributed by atoms with E-state index in [1.807, 2.05) is 0 Å². The SMILES string of the molecule is [N-]=[N+]=NC1C(O)OC(COOO)[C@@H](O)[C@@H]1O. The van der Waals surface area contributed by atoms with Gasteiger partial charge in [0.15, 0.2) is 6.29 Å². The molecular weight excluding hydrogens is 226 g/mol. The van der Waals surface area contributed by atoms with Crippen molar-refractivity contribution in [1.29, 1.82) is 0 Å². The molecule has 3 unspecified atom stereocenters. The second-order valence-electron chi connectivity index (χ2n) is 3.10. The molecule has 0 aromatic carbocycles. The minimum absolute atomic E-state index is 0.422. The first-order valence-electron chi connectivity index (χ1n) is 4.28. The molecule has 4 N–H and O–H groups in total. The van der Waals surface area contributed by atoms with Crippen LogP contribution in [0.4, 0.5) is 0 Å². The van der Waals surface area contributed by atoms with Gasteiger partial charge in [0, 0.05) is 4.91 Å². The molecule has 1 aliphatic rings. The molecule has 0 saturated carbocycles. The second-order valence-corrected chi connectivity index (χ2v) is 3.10. The topological polar surface area (TPSA) is 157 Å². The summed E-state index contributed by atoms with van der Waals surface area (Å²) in [5.74, 6) is 0. The van der Waals surface area contributed by atoms with Crippen LogP contribution in [0, 0.1) is 0 Å². The number of ether oxygens (including phenoxy) is 1. The predicted molar refractivity (Wildman–Crippen MR) is 45.5 cm³/mol. The van der Waals surface area contributed by atoms with E-state index in [0.717, 1.165) is 0 Å². The molecule has 92 valence electrons. The van der Waals surface area contributed by atoms with Gasteiger partial charge in [0.1, 0.15) is 24.9 Å². The summed E-state index contributed by atoms with van der Waals surface area (Å²) in [6, 6.07) is -1.31. The van der Waals surface area contributed by atoms with Gasteiger partial charge in [-0.05, 0) is 5.53 Å². The Kier molecular flexibility index (Phi) is 4.86. The number of hydrogen-bond acceptors (Lipinski definition) is 8. The van der Waals surface area contributed by atoms with Gasteiger partial charge in [-0.15, -0.1) is 0 Å². The highest BCUT2D eigenvalue weighted by molar-refractivity contribution is 4.92. The number of azide groups is 1. The lowest BCUT2D eigenvalue weighted by molar-refractivity contribution is -0.498. The van der Waals surface area contributed by atoms with Crippen LogP contribution in [0.3, 0.4) is 0 Å². The second kappa shape index (κ2) is 5.94. The van der Waals surface area contributed by atoms with Gasteiger partial charge in [-0.1, -0.05) is 10.2 Å². The molecule has 1 aliphatic heterocycles. The Morgan fingerprint density at radius 2 is 2.00 bits per heavy atom. The summed E-state index contributed by atoms with van der Waals surface area (Å²) >= 11 is 0. The standard InChI is InChI=1S/C6H11N3O7/c7-9-8-3-5(11)4(10)2(1-14-16-13)15-6(3)12/h2-6,10-13H,1H2/t2?,3?,4-,5-,6?/m1/s1. The third-order valence-corrected chi connectivity index (χ3v) is 2.16. The van der Waals surface area contributed by atoms with Crippen LogP contribution < -0.4 is 0 Å². The lowest BCUT2D eigenvalue weighted by Gasteiger charge is -2.38. The fourth-order valence-corrected chi connectivity index (χ4v) is 1.35. The lowest BCUT2D eigenvalue weighted by Crippen LogP contribution is -2.57. The minimum Gasteiger partial charge on any atom is -0.390 e. The summed E-state index contributed by atoms with van der Waals surface area (Å²) in [6.07, 6.45) is -5.66. The fourth-order valence-electron chi connectivity index (χ4n) is 1.35. The van der Waals surface area contributed by atoms with Crippen LogP contribution >= 0.6 is 0 Å². The summed E-state index contributed by atoms with van der Waals surface area (Å²) in [6.45, 7) is -0.422. The van der Waals surface area contributed by atoms with E-state index in [2.05, 4.69) is 20.0 Å². The minimum atomic E-state index is -1.58. The fraction of sp³-hybridized carbons (Fsp3) is 1.00. The molecule has 0 aromatic rings. The largest absolute Gasteiger partial charge is 0.390 e. The highest BCUT2D eigenvalue weighted by atomic mass is 17.5. The predicted octanol–water partition coefficient (Wildman–Crippen LogP) is -1.47. The zero-order valence-electron chi connectivity index (χ0n) is 7.95. The van der Waals surface area contributed by atoms with Crippen LogP contribution in [-0.2, 0) is 14.7 Å². The summed E-state index contributed by atoms with van der Waals surface area (Å²) in [4.78, 5) is 6.48. The summed E-state index contributed by atoms with van der Waals surface area (Å²) < 4.78 is 4.80. The normalized spacial score (nSPS) is 39.1. The average molecular weight is 237 g/mol. The highest BCUT2D eigenvalue weighted by Crippen LogP contribution is 2.22. The van der Waals surface area contributed by atoms with Gasteiger partial charge in [0.25, 0.3) is 0 Å². The third-order valence-electron chi connectivity index (χ3n) is 2.16. The maximum absolute atomic E-state index is 9.50. The number of hydrogen-bond donors (Lipinski definition) is 4. The first-order chi connectivity index (χ1) is 7.61. The molecule has 0 bridgehead atoms. The van der Waals surface area contributed by atoms with Crippen molar-refractivity contribution in [2.45, 2.75) is 30.6 Å². The van der Waals surface area contributed by atoms with Crippen LogP contribution in [0.5, 0.6) is 0 Å². The van der Waals surface area contributed by atoms with E-state index >= 15 is 0 Å². The molecule has 1 heterocycles. The molecule has 10 nitrogen and oxygen atoms in total. The van der Waals surface area contributed by atoms with Gasteiger partial charge in [-0.3, -0.25) is 0 Å². The quantitative estimate of drug-likeness (QED) is 0.153. The zero-order valence-corrected chi connectivity index (χ0v) is 7.95. The van der Waals surface area contributed by atoms with E-state index in [0.29, 0.717) is 0 Å². The van der Waals surface area contributed by atoms with E-state index < -0.39 is 37.3 Å². The molecule has 0 radical (unpaired) electrons. The van der Waals surface area contributed by atoms with Crippen molar-refractivity contribution < 1.29 is 35.2 Å². The van der Waals surface area contributed by atoms with Crippen molar-refractivity contribution in [3.8, 4) is 0 Å². The molecule has 0 aliphatic carbocycles. The van der Waals surface area contributed by atoms with Gasteiger partial charge in [0.2, 0.25) is 0 Å². The van der Waals surface area contributed by atoms with Crippen LogP contribution in [0.2, 0.25) is 0 Å². The molecule has 5 atom stereocenters. The molecule has 0 amide bonds. The molecule has 16 heavy (non-hydrogen) atoms. The van der Waals surface area contributed by atoms with Crippen LogP contribution in [0.15, 0.2) is 5.11 Å². The molecule has 1 rings (SSSR count). The first-order valence-corrected chi connectivity index (χ1v) is 4.28. The summed E-state index contributed by atoms with van der Waals surface area (Å²) in [5.41, 5.74) is 8.17. The van der Waals surface area contributed by atoms with Gasteiger partial charge in [-0.25, -0.2) is 10.1 Å². The van der Waals surface area contributed by atoms with Crippen molar-refractivity contribution in [1.82, 2.24) is 0 Å². The van der Waals surface area contributed by atoms with Crippen LogP contribution in [0.25, 0.3) is 10.4 Å².